The number of hydrogen-bond acceptors (Lipinski definition) is 6. The first-order valence-corrected chi connectivity index (χ1v) is 13.8. The van der Waals surface area contributed by atoms with E-state index in [1.54, 1.807) is 33.5 Å². The first-order chi connectivity index (χ1) is 16.1. The van der Waals surface area contributed by atoms with Crippen LogP contribution in [-0.2, 0) is 10.0 Å². The van der Waals surface area contributed by atoms with Crippen molar-refractivity contribution in [3.05, 3.63) is 53.6 Å². The summed E-state index contributed by atoms with van der Waals surface area (Å²) in [5.41, 5.74) is 2.46. The maximum atomic E-state index is 13.5. The Kier molecular flexibility index (Phi) is 8.93. The molecule has 0 spiro atoms. The number of hydrogen-bond donors (Lipinski definition) is 0. The molecule has 1 atom stereocenters. The molecule has 1 aromatic heterocycles. The molecule has 1 aliphatic rings. The average Bonchev–Trinajstić information content (AvgIpc) is 3.21. The minimum absolute atomic E-state index is 0. The summed E-state index contributed by atoms with van der Waals surface area (Å²) < 4.78 is 28.8. The molecule has 1 fully saturated rings. The molecule has 7 nitrogen and oxygen atoms in total. The van der Waals surface area contributed by atoms with Gasteiger partial charge in [-0.2, -0.15) is 4.31 Å². The number of aromatic nitrogens is 1. The Labute approximate surface area is 218 Å². The Morgan fingerprint density at radius 1 is 1.14 bits per heavy atom. The van der Waals surface area contributed by atoms with Gasteiger partial charge in [0.05, 0.1) is 15.1 Å². The average molecular weight is 537 g/mol. The van der Waals surface area contributed by atoms with Gasteiger partial charge in [-0.25, -0.2) is 13.4 Å². The Bertz CT molecular complexity index is 1280. The minimum atomic E-state index is -3.56. The number of piperidine rings is 1. The lowest BCUT2D eigenvalue weighted by Gasteiger charge is -2.30. The fourth-order valence-corrected chi connectivity index (χ4v) is 6.84. The number of nitrogens with zero attached hydrogens (tertiary/aromatic N) is 4. The topological polar surface area (TPSA) is 73.8 Å². The van der Waals surface area contributed by atoms with Crippen LogP contribution >= 0.6 is 23.7 Å². The van der Waals surface area contributed by atoms with E-state index in [-0.39, 0.29) is 23.2 Å². The molecule has 1 saturated heterocycles. The van der Waals surface area contributed by atoms with Gasteiger partial charge in [0.25, 0.3) is 5.91 Å². The highest BCUT2D eigenvalue weighted by Gasteiger charge is 2.29. The predicted octanol–water partition coefficient (Wildman–Crippen LogP) is 4.66. The van der Waals surface area contributed by atoms with Crippen molar-refractivity contribution in [2.45, 2.75) is 31.6 Å². The molecular formula is C25H33ClN4O3S2. The second-order valence-corrected chi connectivity index (χ2v) is 12.3. The number of benzene rings is 2. The summed E-state index contributed by atoms with van der Waals surface area (Å²) in [6.45, 7) is 6.36. The number of thiazole rings is 1. The van der Waals surface area contributed by atoms with Crippen LogP contribution in [0.25, 0.3) is 10.2 Å². The van der Waals surface area contributed by atoms with Gasteiger partial charge in [0.15, 0.2) is 5.13 Å². The number of carbonyl (C=O) groups excluding carboxylic acids is 1. The molecule has 0 bridgehead atoms. The number of fused-ring (bicyclic) bond motifs is 1. The van der Waals surface area contributed by atoms with Crippen LogP contribution in [0.3, 0.4) is 0 Å². The van der Waals surface area contributed by atoms with Crippen LogP contribution in [0.5, 0.6) is 0 Å². The summed E-state index contributed by atoms with van der Waals surface area (Å²) in [7, 11) is 0.366. The molecule has 0 aliphatic carbocycles. The lowest BCUT2D eigenvalue weighted by atomic mass is 10.0. The summed E-state index contributed by atoms with van der Waals surface area (Å²) in [5, 5.41) is 0.645. The number of anilines is 1. The van der Waals surface area contributed by atoms with E-state index in [1.807, 2.05) is 38.1 Å². The van der Waals surface area contributed by atoms with E-state index in [9.17, 15) is 13.2 Å². The lowest BCUT2D eigenvalue weighted by Crippen LogP contribution is -2.39. The Hall–Kier alpha value is -2.04. The van der Waals surface area contributed by atoms with Gasteiger partial charge < -0.3 is 4.90 Å². The standard InChI is InChI=1S/C25H32N4O3S2.ClH/c1-18-7-12-22-23(16-18)33-25(26-22)29(15-14-27(3)4)24(30)20-8-10-21(11-9-20)34(31,32)28-13-5-6-19(2)17-28;/h7-12,16,19H,5-6,13-15,17H2,1-4H3;1H. The van der Waals surface area contributed by atoms with E-state index >= 15 is 0 Å². The minimum Gasteiger partial charge on any atom is -0.308 e. The van der Waals surface area contributed by atoms with E-state index in [2.05, 4.69) is 13.0 Å². The van der Waals surface area contributed by atoms with Gasteiger partial charge >= 0.3 is 0 Å². The highest BCUT2D eigenvalue weighted by molar-refractivity contribution is 7.89. The third-order valence-electron chi connectivity index (χ3n) is 6.14. The van der Waals surface area contributed by atoms with Crippen LogP contribution in [0.4, 0.5) is 5.13 Å². The molecule has 0 N–H and O–H groups in total. The Balaban J connectivity index is 0.00000342. The smallest absolute Gasteiger partial charge is 0.260 e. The maximum Gasteiger partial charge on any atom is 0.260 e. The molecule has 1 aliphatic heterocycles. The third-order valence-corrected chi connectivity index (χ3v) is 9.06. The highest BCUT2D eigenvalue weighted by Crippen LogP contribution is 2.31. The van der Waals surface area contributed by atoms with E-state index in [4.69, 9.17) is 4.98 Å². The summed E-state index contributed by atoms with van der Waals surface area (Å²) in [6, 6.07) is 12.4. The van der Waals surface area contributed by atoms with Crippen molar-refractivity contribution in [3.8, 4) is 0 Å². The zero-order chi connectivity index (χ0) is 24.5. The van der Waals surface area contributed by atoms with Crippen LogP contribution in [-0.4, -0.2) is 68.8 Å². The van der Waals surface area contributed by atoms with Crippen LogP contribution in [0.1, 0.15) is 35.7 Å². The second kappa shape index (κ2) is 11.3. The zero-order valence-electron chi connectivity index (χ0n) is 20.6. The van der Waals surface area contributed by atoms with E-state index in [0.29, 0.717) is 42.8 Å². The molecule has 1 unspecified atom stereocenters. The van der Waals surface area contributed by atoms with Crippen molar-refractivity contribution in [1.29, 1.82) is 0 Å². The molecule has 1 amide bonds. The predicted molar refractivity (Wildman–Crippen MR) is 145 cm³/mol. The summed E-state index contributed by atoms with van der Waals surface area (Å²) in [6.07, 6.45) is 1.92. The summed E-state index contributed by atoms with van der Waals surface area (Å²) in [5.74, 6) is 0.167. The largest absolute Gasteiger partial charge is 0.308 e. The van der Waals surface area contributed by atoms with Gasteiger partial charge in [-0.1, -0.05) is 24.3 Å². The number of aryl methyl sites for hydroxylation is 1. The zero-order valence-corrected chi connectivity index (χ0v) is 23.0. The quantitative estimate of drug-likeness (QED) is 0.439. The van der Waals surface area contributed by atoms with E-state index in [1.165, 1.54) is 11.3 Å². The highest BCUT2D eigenvalue weighted by atomic mass is 35.5. The van der Waals surface area contributed by atoms with Crippen molar-refractivity contribution < 1.29 is 13.2 Å². The first-order valence-electron chi connectivity index (χ1n) is 11.6. The molecule has 4 rings (SSSR count). The first kappa shape index (κ1) is 27.5. The molecular weight excluding hydrogens is 504 g/mol. The Morgan fingerprint density at radius 2 is 1.86 bits per heavy atom. The van der Waals surface area contributed by atoms with Crippen molar-refractivity contribution in [2.75, 3.05) is 45.2 Å². The molecule has 3 aromatic rings. The molecule has 190 valence electrons. The molecule has 0 radical (unpaired) electrons. The number of halogens is 1. The molecule has 10 heteroatoms. The van der Waals surface area contributed by atoms with Gasteiger partial charge in [0.1, 0.15) is 0 Å². The number of rotatable bonds is 7. The fraction of sp³-hybridized carbons (Fsp3) is 0.440. The number of likely N-dealkylation sites (N-methyl/N-ethyl adjacent to an activating group) is 1. The SMILES string of the molecule is Cc1ccc2nc(N(CCN(C)C)C(=O)c3ccc(S(=O)(=O)N4CCCC(C)C4)cc3)sc2c1.Cl. The second-order valence-electron chi connectivity index (χ2n) is 9.36. The van der Waals surface area contributed by atoms with Crippen molar-refractivity contribution in [2.24, 2.45) is 5.92 Å². The number of carbonyl (C=O) groups is 1. The molecule has 2 heterocycles. The van der Waals surface area contributed by atoms with Crippen LogP contribution in [0.2, 0.25) is 0 Å². The van der Waals surface area contributed by atoms with Crippen LogP contribution in [0, 0.1) is 12.8 Å². The van der Waals surface area contributed by atoms with Crippen molar-refractivity contribution in [1.82, 2.24) is 14.2 Å². The normalized spacial score (nSPS) is 16.9. The van der Waals surface area contributed by atoms with Gasteiger partial charge in [-0.3, -0.25) is 9.69 Å². The van der Waals surface area contributed by atoms with Crippen molar-refractivity contribution in [3.63, 3.8) is 0 Å². The van der Waals surface area contributed by atoms with E-state index in [0.717, 1.165) is 28.6 Å². The van der Waals surface area contributed by atoms with Gasteiger partial charge in [-0.05, 0) is 81.7 Å². The van der Waals surface area contributed by atoms with Gasteiger partial charge in [0, 0.05) is 31.7 Å². The van der Waals surface area contributed by atoms with Gasteiger partial charge in [0.2, 0.25) is 10.0 Å². The molecule has 2 aromatic carbocycles. The Morgan fingerprint density at radius 3 is 2.51 bits per heavy atom. The van der Waals surface area contributed by atoms with Crippen LogP contribution in [0.15, 0.2) is 47.4 Å². The summed E-state index contributed by atoms with van der Waals surface area (Å²) >= 11 is 1.49. The van der Waals surface area contributed by atoms with Gasteiger partial charge in [-0.15, -0.1) is 12.4 Å². The summed E-state index contributed by atoms with van der Waals surface area (Å²) in [4.78, 5) is 22.2. The molecule has 35 heavy (non-hydrogen) atoms. The number of amides is 1. The third kappa shape index (κ3) is 6.21. The van der Waals surface area contributed by atoms with Crippen LogP contribution < -0.4 is 4.90 Å². The lowest BCUT2D eigenvalue weighted by molar-refractivity contribution is 0.0985. The molecule has 0 saturated carbocycles. The monoisotopic (exact) mass is 536 g/mol. The van der Waals surface area contributed by atoms with E-state index < -0.39 is 10.0 Å². The maximum absolute atomic E-state index is 13.5. The van der Waals surface area contributed by atoms with Crippen molar-refractivity contribution >= 4 is 55.0 Å². The number of sulfonamides is 1. The fourth-order valence-electron chi connectivity index (χ4n) is 4.16.